The molecular weight excluding hydrogens is 350 g/mol. The average Bonchev–Trinajstić information content (AvgIpc) is 2.68. The highest BCUT2D eigenvalue weighted by Crippen LogP contribution is 2.36. The van der Waals surface area contributed by atoms with Crippen LogP contribution in [0.2, 0.25) is 0 Å². The van der Waals surface area contributed by atoms with E-state index in [0.717, 1.165) is 47.4 Å². The van der Waals surface area contributed by atoms with Crippen molar-refractivity contribution >= 4 is 22.3 Å². The molecule has 3 aromatic rings. The first kappa shape index (κ1) is 18.5. The number of fused-ring (bicyclic) bond motifs is 1. The van der Waals surface area contributed by atoms with Crippen LogP contribution in [0.1, 0.15) is 18.4 Å². The Balaban J connectivity index is 1.81. The van der Waals surface area contributed by atoms with Crippen LogP contribution >= 0.6 is 0 Å². The standard InChI is InChI=1S/C22H27N5O/c1-14-6-8-18(20(28)11-14)21-19-12-15(23-2)7-9-17(19)22(26-25-21)24-16-5-4-10-27(3)13-16/h6-9,11-12,16,23,28H,4-5,10,13H2,1-3H3,(H,24,26)/t16-/m1/s1. The molecule has 0 spiro atoms. The fraction of sp³-hybridized carbons (Fsp3) is 0.364. The van der Waals surface area contributed by atoms with Crippen LogP contribution in [0.25, 0.3) is 22.0 Å². The number of aromatic nitrogens is 2. The molecule has 3 N–H and O–H groups in total. The molecule has 28 heavy (non-hydrogen) atoms. The molecule has 1 aromatic heterocycles. The summed E-state index contributed by atoms with van der Waals surface area (Å²) in [5.74, 6) is 1.02. The van der Waals surface area contributed by atoms with E-state index in [-0.39, 0.29) is 5.75 Å². The van der Waals surface area contributed by atoms with Crippen molar-refractivity contribution < 1.29 is 5.11 Å². The van der Waals surface area contributed by atoms with Gasteiger partial charge in [-0.25, -0.2) is 0 Å². The second kappa shape index (κ2) is 7.64. The summed E-state index contributed by atoms with van der Waals surface area (Å²) in [5.41, 5.74) is 3.39. The first-order chi connectivity index (χ1) is 13.5. The van der Waals surface area contributed by atoms with Crippen molar-refractivity contribution in [1.29, 1.82) is 0 Å². The number of anilines is 2. The molecule has 1 atom stereocenters. The molecule has 2 aromatic carbocycles. The third-order valence-corrected chi connectivity index (χ3v) is 5.44. The molecule has 6 nitrogen and oxygen atoms in total. The Kier molecular flexibility index (Phi) is 5.05. The highest BCUT2D eigenvalue weighted by molar-refractivity contribution is 6.02. The minimum atomic E-state index is 0.222. The van der Waals surface area contributed by atoms with Gasteiger partial charge in [0.05, 0.1) is 0 Å². The fourth-order valence-electron chi connectivity index (χ4n) is 3.93. The van der Waals surface area contributed by atoms with E-state index in [0.29, 0.717) is 17.3 Å². The summed E-state index contributed by atoms with van der Waals surface area (Å²) in [5, 5.41) is 28.3. The molecule has 1 aliphatic rings. The highest BCUT2D eigenvalue weighted by atomic mass is 16.3. The SMILES string of the molecule is CNc1ccc2c(N[C@@H]3CCCN(C)C3)nnc(-c3ccc(C)cc3O)c2c1. The van der Waals surface area contributed by atoms with Crippen LogP contribution in [-0.2, 0) is 0 Å². The molecule has 2 heterocycles. The smallest absolute Gasteiger partial charge is 0.156 e. The van der Waals surface area contributed by atoms with Crippen molar-refractivity contribution in [3.05, 3.63) is 42.0 Å². The summed E-state index contributed by atoms with van der Waals surface area (Å²) >= 11 is 0. The molecule has 0 unspecified atom stereocenters. The Morgan fingerprint density at radius 3 is 2.71 bits per heavy atom. The van der Waals surface area contributed by atoms with Crippen molar-refractivity contribution in [2.45, 2.75) is 25.8 Å². The number of rotatable bonds is 4. The lowest BCUT2D eigenvalue weighted by Crippen LogP contribution is -2.40. The first-order valence-corrected chi connectivity index (χ1v) is 9.78. The number of aromatic hydroxyl groups is 1. The van der Waals surface area contributed by atoms with Crippen LogP contribution in [0.5, 0.6) is 5.75 Å². The Hall–Kier alpha value is -2.86. The lowest BCUT2D eigenvalue weighted by atomic mass is 10.0. The van der Waals surface area contributed by atoms with E-state index in [9.17, 15) is 5.11 Å². The number of nitrogens with one attached hydrogen (secondary N) is 2. The minimum Gasteiger partial charge on any atom is -0.507 e. The molecule has 4 rings (SSSR count). The molecule has 0 amide bonds. The average molecular weight is 377 g/mol. The quantitative estimate of drug-likeness (QED) is 0.641. The van der Waals surface area contributed by atoms with Crippen molar-refractivity contribution in [3.63, 3.8) is 0 Å². The molecule has 146 valence electrons. The van der Waals surface area contributed by atoms with Crippen LogP contribution in [0.15, 0.2) is 36.4 Å². The molecule has 1 saturated heterocycles. The van der Waals surface area contributed by atoms with Gasteiger partial charge in [0.1, 0.15) is 11.4 Å². The zero-order valence-corrected chi connectivity index (χ0v) is 16.7. The van der Waals surface area contributed by atoms with Crippen LogP contribution in [-0.4, -0.2) is 53.4 Å². The van der Waals surface area contributed by atoms with E-state index in [2.05, 4.69) is 44.9 Å². The molecule has 0 aliphatic carbocycles. The van der Waals surface area contributed by atoms with E-state index < -0.39 is 0 Å². The topological polar surface area (TPSA) is 73.3 Å². The van der Waals surface area contributed by atoms with Gasteiger partial charge in [-0.1, -0.05) is 6.07 Å². The van der Waals surface area contributed by atoms with Gasteiger partial charge in [-0.15, -0.1) is 10.2 Å². The number of phenolic OH excluding ortho intramolecular Hbond substituents is 1. The van der Waals surface area contributed by atoms with Crippen LogP contribution < -0.4 is 10.6 Å². The van der Waals surface area contributed by atoms with Crippen LogP contribution in [0.4, 0.5) is 11.5 Å². The predicted molar refractivity (Wildman–Crippen MR) is 115 cm³/mol. The number of nitrogens with zero attached hydrogens (tertiary/aromatic N) is 3. The molecular formula is C22H27N5O. The molecule has 0 bridgehead atoms. The van der Waals surface area contributed by atoms with Gasteiger partial charge in [0.15, 0.2) is 5.82 Å². The second-order valence-corrected chi connectivity index (χ2v) is 7.67. The van der Waals surface area contributed by atoms with Gasteiger partial charge in [0.25, 0.3) is 0 Å². The molecule has 0 saturated carbocycles. The monoisotopic (exact) mass is 377 g/mol. The molecule has 0 radical (unpaired) electrons. The maximum absolute atomic E-state index is 10.5. The van der Waals surface area contributed by atoms with Crippen LogP contribution in [0, 0.1) is 6.92 Å². The Bertz CT molecular complexity index is 1000. The van der Waals surface area contributed by atoms with Gasteiger partial charge in [0.2, 0.25) is 0 Å². The van der Waals surface area contributed by atoms with Crippen molar-refractivity contribution in [2.75, 3.05) is 37.8 Å². The number of hydrogen-bond donors (Lipinski definition) is 3. The number of aryl methyl sites for hydroxylation is 1. The summed E-state index contributed by atoms with van der Waals surface area (Å²) < 4.78 is 0. The lowest BCUT2D eigenvalue weighted by molar-refractivity contribution is 0.261. The van der Waals surface area contributed by atoms with E-state index in [1.807, 2.05) is 32.2 Å². The lowest BCUT2D eigenvalue weighted by Gasteiger charge is -2.30. The summed E-state index contributed by atoms with van der Waals surface area (Å²) in [7, 11) is 4.05. The van der Waals surface area contributed by atoms with Crippen molar-refractivity contribution in [2.24, 2.45) is 0 Å². The molecule has 1 aliphatic heterocycles. The Labute approximate surface area is 165 Å². The van der Waals surface area contributed by atoms with Crippen molar-refractivity contribution in [3.8, 4) is 17.0 Å². The Morgan fingerprint density at radius 2 is 1.96 bits per heavy atom. The van der Waals surface area contributed by atoms with E-state index in [4.69, 9.17) is 0 Å². The maximum atomic E-state index is 10.5. The number of hydrogen-bond acceptors (Lipinski definition) is 6. The van der Waals surface area contributed by atoms with E-state index in [1.165, 1.54) is 6.42 Å². The number of benzene rings is 2. The van der Waals surface area contributed by atoms with Gasteiger partial charge in [-0.2, -0.15) is 0 Å². The minimum absolute atomic E-state index is 0.222. The first-order valence-electron chi connectivity index (χ1n) is 9.78. The summed E-state index contributed by atoms with van der Waals surface area (Å²) in [6.45, 7) is 4.10. The largest absolute Gasteiger partial charge is 0.507 e. The third-order valence-electron chi connectivity index (χ3n) is 5.44. The summed E-state index contributed by atoms with van der Waals surface area (Å²) in [4.78, 5) is 2.34. The van der Waals surface area contributed by atoms with Crippen molar-refractivity contribution in [1.82, 2.24) is 15.1 Å². The number of likely N-dealkylation sites (tertiary alicyclic amines) is 1. The van der Waals surface area contributed by atoms with E-state index in [1.54, 1.807) is 6.07 Å². The van der Waals surface area contributed by atoms with Gasteiger partial charge in [-0.3, -0.25) is 0 Å². The zero-order valence-electron chi connectivity index (χ0n) is 16.7. The van der Waals surface area contributed by atoms with Gasteiger partial charge >= 0.3 is 0 Å². The maximum Gasteiger partial charge on any atom is 0.156 e. The third kappa shape index (κ3) is 3.60. The van der Waals surface area contributed by atoms with Gasteiger partial charge < -0.3 is 20.6 Å². The van der Waals surface area contributed by atoms with E-state index >= 15 is 0 Å². The fourth-order valence-corrected chi connectivity index (χ4v) is 3.93. The van der Waals surface area contributed by atoms with Crippen LogP contribution in [0.3, 0.4) is 0 Å². The zero-order chi connectivity index (χ0) is 19.7. The number of piperidine rings is 1. The number of likely N-dealkylation sites (N-methyl/N-ethyl adjacent to an activating group) is 1. The normalized spacial score (nSPS) is 17.6. The van der Waals surface area contributed by atoms with Gasteiger partial charge in [0, 0.05) is 41.7 Å². The summed E-state index contributed by atoms with van der Waals surface area (Å²) in [6, 6.07) is 12.2. The highest BCUT2D eigenvalue weighted by Gasteiger charge is 2.20. The second-order valence-electron chi connectivity index (χ2n) is 7.67. The molecule has 1 fully saturated rings. The molecule has 6 heteroatoms. The Morgan fingerprint density at radius 1 is 1.11 bits per heavy atom. The summed E-state index contributed by atoms with van der Waals surface area (Å²) in [6.07, 6.45) is 2.31. The number of phenols is 1. The predicted octanol–water partition coefficient (Wildman–Crippen LogP) is 3.86. The van der Waals surface area contributed by atoms with Gasteiger partial charge in [-0.05, 0) is 69.3 Å².